The first kappa shape index (κ1) is 27.2. The fraction of sp³-hybridized carbons (Fsp3) is 0.591. The summed E-state index contributed by atoms with van der Waals surface area (Å²) in [5.41, 5.74) is 0.471. The van der Waals surface area contributed by atoms with Crippen LogP contribution in [-0.2, 0) is 9.59 Å². The highest BCUT2D eigenvalue weighted by atomic mass is 19.4. The summed E-state index contributed by atoms with van der Waals surface area (Å²) in [4.78, 5) is 39.2. The normalized spacial score (nSPS) is 15.4. The third kappa shape index (κ3) is 8.40. The molecule has 0 aliphatic heterocycles. The van der Waals surface area contributed by atoms with Crippen LogP contribution in [0.3, 0.4) is 0 Å². The number of nitrogens with one attached hydrogen (secondary N) is 3. The second kappa shape index (κ2) is 11.4. The minimum atomic E-state index is -4.95. The Kier molecular flexibility index (Phi) is 9.14. The van der Waals surface area contributed by atoms with Crippen LogP contribution >= 0.6 is 0 Å². The number of anilines is 1. The number of carbonyl (C=O) groups excluding carboxylic acids is 3. The van der Waals surface area contributed by atoms with Gasteiger partial charge in [-0.2, -0.15) is 0 Å². The zero-order valence-electron chi connectivity index (χ0n) is 19.4. The van der Waals surface area contributed by atoms with Gasteiger partial charge in [0.1, 0.15) is 12.6 Å². The third-order valence-corrected chi connectivity index (χ3v) is 5.47. The number of alkyl halides is 3. The molecule has 2 rings (SSSR count). The summed E-state index contributed by atoms with van der Waals surface area (Å²) in [5.74, 6) is -1.73. The van der Waals surface area contributed by atoms with Gasteiger partial charge >= 0.3 is 12.4 Å². The number of amides is 4. The predicted molar refractivity (Wildman–Crippen MR) is 117 cm³/mol. The van der Waals surface area contributed by atoms with Gasteiger partial charge in [-0.1, -0.05) is 45.7 Å². The van der Waals surface area contributed by atoms with Crippen molar-refractivity contribution in [3.05, 3.63) is 24.3 Å². The van der Waals surface area contributed by atoms with Crippen LogP contribution in [0.5, 0.6) is 5.75 Å². The lowest BCUT2D eigenvalue weighted by Gasteiger charge is -2.35. The van der Waals surface area contributed by atoms with Crippen molar-refractivity contribution >= 4 is 23.5 Å². The number of benzene rings is 1. The number of carbonyl (C=O) groups is 3. The average Bonchev–Trinajstić information content (AvgIpc) is 3.23. The van der Waals surface area contributed by atoms with Crippen LogP contribution in [0.1, 0.15) is 46.5 Å². The van der Waals surface area contributed by atoms with E-state index in [-0.39, 0.29) is 18.2 Å². The van der Waals surface area contributed by atoms with Gasteiger partial charge in [0.2, 0.25) is 5.91 Å². The third-order valence-electron chi connectivity index (χ3n) is 5.47. The summed E-state index contributed by atoms with van der Waals surface area (Å²) in [6.45, 7) is 5.00. The molecule has 1 aliphatic carbocycles. The van der Waals surface area contributed by atoms with Crippen molar-refractivity contribution < 1.29 is 37.5 Å². The van der Waals surface area contributed by atoms with Crippen LogP contribution in [0.15, 0.2) is 24.3 Å². The molecule has 0 spiro atoms. The molecule has 34 heavy (non-hydrogen) atoms. The molecule has 0 heterocycles. The zero-order chi connectivity index (χ0) is 25.5. The average molecular weight is 489 g/mol. The summed E-state index contributed by atoms with van der Waals surface area (Å²) in [6.07, 6.45) is -1.13. The van der Waals surface area contributed by atoms with Gasteiger partial charge in [0.15, 0.2) is 5.75 Å². The lowest BCUT2D eigenvalue weighted by atomic mass is 9.85. The van der Waals surface area contributed by atoms with E-state index in [1.165, 1.54) is 28.6 Å². The van der Waals surface area contributed by atoms with Crippen LogP contribution in [0.25, 0.3) is 0 Å². The Hall–Kier alpha value is -3.02. The fourth-order valence-corrected chi connectivity index (χ4v) is 3.85. The summed E-state index contributed by atoms with van der Waals surface area (Å²) < 4.78 is 41.9. The zero-order valence-corrected chi connectivity index (χ0v) is 19.4. The van der Waals surface area contributed by atoms with Crippen LogP contribution in [-0.4, -0.2) is 53.4 Å². The number of hydrogen-bond donors (Lipinski definition) is 4. The van der Waals surface area contributed by atoms with E-state index in [0.29, 0.717) is 0 Å². The van der Waals surface area contributed by atoms with E-state index in [4.69, 9.17) is 5.21 Å². The Balaban J connectivity index is 2.20. The molecular formula is C22H31F3N4O5. The molecule has 9 nitrogen and oxygen atoms in total. The van der Waals surface area contributed by atoms with Crippen LogP contribution in [0, 0.1) is 11.3 Å². The molecule has 190 valence electrons. The second-order valence-electron chi connectivity index (χ2n) is 9.35. The second-order valence-corrected chi connectivity index (χ2v) is 9.35. The number of ether oxygens (including phenoxy) is 1. The quantitative estimate of drug-likeness (QED) is 0.329. The van der Waals surface area contributed by atoms with E-state index in [2.05, 4.69) is 15.4 Å². The summed E-state index contributed by atoms with van der Waals surface area (Å²) >= 11 is 0. The van der Waals surface area contributed by atoms with Gasteiger partial charge in [-0.3, -0.25) is 14.8 Å². The molecule has 4 N–H and O–H groups in total. The molecule has 1 saturated carbocycles. The number of hydroxylamine groups is 1. The van der Waals surface area contributed by atoms with Gasteiger partial charge in [-0.15, -0.1) is 13.2 Å². The van der Waals surface area contributed by atoms with Crippen LogP contribution in [0.2, 0.25) is 0 Å². The standard InChI is InChI=1S/C22H31F3N4O5/c1-21(2,3)18(19(31)29(13-17(30)28-33)12-14-8-4-5-9-14)27-20(32)26-15-10-6-7-11-16(15)34-22(23,24)25/h6-7,10-11,14,18,33H,4-5,8-9,12-13H2,1-3H3,(H,28,30)(H2,26,27,32)/t18-/m1/s1. The monoisotopic (exact) mass is 488 g/mol. The number of rotatable bonds is 8. The molecule has 0 saturated heterocycles. The largest absolute Gasteiger partial charge is 0.573 e. The first-order chi connectivity index (χ1) is 15.8. The molecule has 1 atom stereocenters. The van der Waals surface area contributed by atoms with Gasteiger partial charge in [-0.25, -0.2) is 10.3 Å². The maximum atomic E-state index is 13.4. The number of para-hydroxylation sites is 2. The van der Waals surface area contributed by atoms with Crippen molar-refractivity contribution in [1.29, 1.82) is 0 Å². The van der Waals surface area contributed by atoms with E-state index in [1.807, 2.05) is 0 Å². The molecule has 12 heteroatoms. The van der Waals surface area contributed by atoms with E-state index in [0.717, 1.165) is 31.7 Å². The molecule has 1 aliphatic rings. The molecule has 4 amide bonds. The highest BCUT2D eigenvalue weighted by Crippen LogP contribution is 2.30. The Bertz CT molecular complexity index is 867. The Morgan fingerprint density at radius 3 is 2.32 bits per heavy atom. The highest BCUT2D eigenvalue weighted by Gasteiger charge is 2.38. The van der Waals surface area contributed by atoms with Crippen molar-refractivity contribution in [1.82, 2.24) is 15.7 Å². The first-order valence-corrected chi connectivity index (χ1v) is 10.9. The molecule has 1 aromatic carbocycles. The van der Waals surface area contributed by atoms with Gasteiger partial charge in [-0.05, 0) is 36.3 Å². The molecule has 0 aromatic heterocycles. The van der Waals surface area contributed by atoms with E-state index < -0.39 is 48.0 Å². The Labute approximate surface area is 196 Å². The maximum absolute atomic E-state index is 13.4. The summed E-state index contributed by atoms with van der Waals surface area (Å²) in [7, 11) is 0. The minimum absolute atomic E-state index is 0.191. The van der Waals surface area contributed by atoms with Crippen LogP contribution < -0.4 is 20.9 Å². The lowest BCUT2D eigenvalue weighted by molar-refractivity contribution is -0.274. The van der Waals surface area contributed by atoms with Crippen molar-refractivity contribution in [2.75, 3.05) is 18.4 Å². The Morgan fingerprint density at radius 1 is 1.15 bits per heavy atom. The molecule has 0 unspecified atom stereocenters. The molecule has 0 bridgehead atoms. The van der Waals surface area contributed by atoms with E-state index in [9.17, 15) is 27.6 Å². The number of urea groups is 1. The van der Waals surface area contributed by atoms with Crippen molar-refractivity contribution in [3.8, 4) is 5.75 Å². The summed E-state index contributed by atoms with van der Waals surface area (Å²) in [5, 5.41) is 13.7. The predicted octanol–water partition coefficient (Wildman–Crippen LogP) is 3.65. The fourth-order valence-electron chi connectivity index (χ4n) is 3.85. The van der Waals surface area contributed by atoms with Crippen molar-refractivity contribution in [2.24, 2.45) is 11.3 Å². The summed E-state index contributed by atoms with van der Waals surface area (Å²) in [6, 6.07) is 2.98. The molecule has 1 fully saturated rings. The minimum Gasteiger partial charge on any atom is -0.404 e. The van der Waals surface area contributed by atoms with E-state index in [1.54, 1.807) is 20.8 Å². The first-order valence-electron chi connectivity index (χ1n) is 10.9. The molecule has 1 aromatic rings. The van der Waals surface area contributed by atoms with Crippen LogP contribution in [0.4, 0.5) is 23.7 Å². The number of nitrogens with zero attached hydrogens (tertiary/aromatic N) is 1. The number of hydrogen-bond acceptors (Lipinski definition) is 5. The maximum Gasteiger partial charge on any atom is 0.573 e. The Morgan fingerprint density at radius 2 is 1.76 bits per heavy atom. The van der Waals surface area contributed by atoms with Crippen molar-refractivity contribution in [2.45, 2.75) is 58.9 Å². The van der Waals surface area contributed by atoms with E-state index >= 15 is 0 Å². The molecular weight excluding hydrogens is 457 g/mol. The number of halogens is 3. The molecule has 0 radical (unpaired) electrons. The lowest BCUT2D eigenvalue weighted by Crippen LogP contribution is -2.57. The van der Waals surface area contributed by atoms with Gasteiger partial charge in [0, 0.05) is 6.54 Å². The van der Waals surface area contributed by atoms with Gasteiger partial charge in [0.05, 0.1) is 5.69 Å². The van der Waals surface area contributed by atoms with Gasteiger partial charge in [0.25, 0.3) is 5.91 Å². The highest BCUT2D eigenvalue weighted by molar-refractivity contribution is 5.96. The topological polar surface area (TPSA) is 120 Å². The smallest absolute Gasteiger partial charge is 0.404 e. The van der Waals surface area contributed by atoms with Gasteiger partial charge < -0.3 is 20.3 Å². The SMILES string of the molecule is CC(C)(C)[C@H](NC(=O)Nc1ccccc1OC(F)(F)F)C(=O)N(CC(=O)NO)CC1CCCC1. The van der Waals surface area contributed by atoms with Crippen molar-refractivity contribution in [3.63, 3.8) is 0 Å².